The Kier molecular flexibility index (Phi) is 4.68. The smallest absolute Gasteiger partial charge is 0.262 e. The number of thiazole rings is 1. The lowest BCUT2D eigenvalue weighted by atomic mass is 9.82. The summed E-state index contributed by atoms with van der Waals surface area (Å²) >= 11 is 1.45. The van der Waals surface area contributed by atoms with E-state index in [1.807, 2.05) is 12.3 Å². The van der Waals surface area contributed by atoms with Crippen LogP contribution in [0.4, 0.5) is 13.9 Å². The van der Waals surface area contributed by atoms with Gasteiger partial charge < -0.3 is 9.88 Å². The second-order valence-corrected chi connectivity index (χ2v) is 8.35. The molecule has 2 atom stereocenters. The van der Waals surface area contributed by atoms with Crippen LogP contribution in [-0.4, -0.2) is 44.2 Å². The predicted molar refractivity (Wildman–Crippen MR) is 104 cm³/mol. The lowest BCUT2D eigenvalue weighted by Gasteiger charge is -2.37. The Bertz CT molecular complexity index is 1060. The van der Waals surface area contributed by atoms with Gasteiger partial charge in [0.25, 0.3) is 11.5 Å². The van der Waals surface area contributed by atoms with E-state index in [-0.39, 0.29) is 31.0 Å². The topological polar surface area (TPSA) is 79.7 Å². The molecule has 2 unspecified atom stereocenters. The Morgan fingerprint density at radius 2 is 2.18 bits per heavy atom. The molecule has 0 aromatic carbocycles. The standard InChI is InChI=1S/C18H22F2N6OS/c1-10-9-28-17(22-10)25(3)8-12-6-13(4-5-18(12,19)20)26-15-14(7-21-26)16(27)24-11(2)23-15/h7,9,12-13H,4-6,8H2,1-3H3,(H,23,24,27). The molecule has 0 bridgehead atoms. The van der Waals surface area contributed by atoms with Crippen LogP contribution >= 0.6 is 11.3 Å². The van der Waals surface area contributed by atoms with E-state index in [9.17, 15) is 13.6 Å². The highest BCUT2D eigenvalue weighted by atomic mass is 32.1. The number of aromatic nitrogens is 5. The molecule has 10 heteroatoms. The third-order valence-corrected chi connectivity index (χ3v) is 6.39. The Labute approximate surface area is 164 Å². The van der Waals surface area contributed by atoms with E-state index in [2.05, 4.69) is 20.1 Å². The van der Waals surface area contributed by atoms with Crippen molar-refractivity contribution < 1.29 is 8.78 Å². The number of hydrogen-bond donors (Lipinski definition) is 1. The molecule has 4 rings (SSSR count). The van der Waals surface area contributed by atoms with Gasteiger partial charge in [-0.25, -0.2) is 23.4 Å². The molecule has 0 amide bonds. The number of nitrogens with one attached hydrogen (secondary N) is 1. The quantitative estimate of drug-likeness (QED) is 0.717. The molecule has 1 aliphatic carbocycles. The summed E-state index contributed by atoms with van der Waals surface area (Å²) < 4.78 is 31.0. The van der Waals surface area contributed by atoms with Crippen LogP contribution in [0.3, 0.4) is 0 Å². The van der Waals surface area contributed by atoms with Gasteiger partial charge in [-0.05, 0) is 26.7 Å². The largest absolute Gasteiger partial charge is 0.351 e. The summed E-state index contributed by atoms with van der Waals surface area (Å²) in [6.07, 6.45) is 1.82. The van der Waals surface area contributed by atoms with Crippen molar-refractivity contribution in [2.75, 3.05) is 18.5 Å². The zero-order valence-corrected chi connectivity index (χ0v) is 16.8. The first-order chi connectivity index (χ1) is 13.2. The second kappa shape index (κ2) is 6.91. The van der Waals surface area contributed by atoms with Crippen molar-refractivity contribution >= 4 is 27.5 Å². The minimum atomic E-state index is -2.75. The number of aryl methyl sites for hydroxylation is 2. The highest BCUT2D eigenvalue weighted by Crippen LogP contribution is 2.44. The number of aromatic amines is 1. The van der Waals surface area contributed by atoms with E-state index < -0.39 is 11.8 Å². The van der Waals surface area contributed by atoms with Gasteiger partial charge in [0.1, 0.15) is 11.2 Å². The van der Waals surface area contributed by atoms with Crippen LogP contribution in [0, 0.1) is 19.8 Å². The van der Waals surface area contributed by atoms with E-state index in [1.165, 1.54) is 17.5 Å². The van der Waals surface area contributed by atoms with Gasteiger partial charge in [-0.3, -0.25) is 4.79 Å². The van der Waals surface area contributed by atoms with E-state index in [0.717, 1.165) is 10.8 Å². The molecule has 0 saturated heterocycles. The number of H-pyrrole nitrogens is 1. The molecule has 3 heterocycles. The number of anilines is 1. The maximum absolute atomic E-state index is 14.7. The fourth-order valence-electron chi connectivity index (χ4n) is 3.85. The summed E-state index contributed by atoms with van der Waals surface area (Å²) in [4.78, 5) is 25.3. The molecular formula is C18H22F2N6OS. The number of fused-ring (bicyclic) bond motifs is 1. The van der Waals surface area contributed by atoms with Crippen molar-refractivity contribution in [1.82, 2.24) is 24.7 Å². The molecular weight excluding hydrogens is 386 g/mol. The van der Waals surface area contributed by atoms with Crippen molar-refractivity contribution in [2.24, 2.45) is 5.92 Å². The number of alkyl halides is 2. The summed E-state index contributed by atoms with van der Waals surface area (Å²) in [7, 11) is 1.80. The average molecular weight is 408 g/mol. The van der Waals surface area contributed by atoms with Crippen LogP contribution in [0.25, 0.3) is 11.0 Å². The molecule has 1 saturated carbocycles. The molecule has 1 aliphatic rings. The van der Waals surface area contributed by atoms with Gasteiger partial charge in [0.2, 0.25) is 0 Å². The summed E-state index contributed by atoms with van der Waals surface area (Å²) in [5, 5.41) is 7.34. The lowest BCUT2D eigenvalue weighted by Crippen LogP contribution is -2.42. The molecule has 0 spiro atoms. The van der Waals surface area contributed by atoms with E-state index in [4.69, 9.17) is 0 Å². The maximum Gasteiger partial charge on any atom is 0.262 e. The fraction of sp³-hybridized carbons (Fsp3) is 0.556. The van der Waals surface area contributed by atoms with E-state index in [0.29, 0.717) is 23.3 Å². The first-order valence-electron chi connectivity index (χ1n) is 9.20. The predicted octanol–water partition coefficient (Wildman–Crippen LogP) is 3.31. The maximum atomic E-state index is 14.7. The third kappa shape index (κ3) is 3.41. The molecule has 3 aromatic rings. The number of halogens is 2. The first kappa shape index (κ1) is 19.0. The SMILES string of the molecule is Cc1csc(N(C)CC2CC(n3ncc4c(=O)[nH]c(C)nc43)CCC2(F)F)n1. The van der Waals surface area contributed by atoms with Crippen LogP contribution in [0.15, 0.2) is 16.4 Å². The molecule has 1 fully saturated rings. The van der Waals surface area contributed by atoms with Crippen LogP contribution in [0.5, 0.6) is 0 Å². The normalized spacial score (nSPS) is 21.9. The van der Waals surface area contributed by atoms with Gasteiger partial charge in [-0.2, -0.15) is 5.10 Å². The number of nitrogens with zero attached hydrogens (tertiary/aromatic N) is 5. The molecule has 7 nitrogen and oxygen atoms in total. The van der Waals surface area contributed by atoms with Crippen molar-refractivity contribution in [3.8, 4) is 0 Å². The van der Waals surface area contributed by atoms with Crippen molar-refractivity contribution in [3.63, 3.8) is 0 Å². The second-order valence-electron chi connectivity index (χ2n) is 7.52. The van der Waals surface area contributed by atoms with E-state index >= 15 is 0 Å². The van der Waals surface area contributed by atoms with Crippen molar-refractivity contribution in [2.45, 2.75) is 45.1 Å². The lowest BCUT2D eigenvalue weighted by molar-refractivity contribution is -0.0928. The third-order valence-electron chi connectivity index (χ3n) is 5.32. The highest BCUT2D eigenvalue weighted by Gasteiger charge is 2.46. The van der Waals surface area contributed by atoms with E-state index in [1.54, 1.807) is 23.6 Å². The molecule has 3 aromatic heterocycles. The van der Waals surface area contributed by atoms with Gasteiger partial charge in [0.05, 0.1) is 17.9 Å². The van der Waals surface area contributed by atoms with Crippen molar-refractivity contribution in [3.05, 3.63) is 33.4 Å². The Morgan fingerprint density at radius 1 is 1.39 bits per heavy atom. The minimum Gasteiger partial charge on any atom is -0.351 e. The van der Waals surface area contributed by atoms with Crippen molar-refractivity contribution in [1.29, 1.82) is 0 Å². The summed E-state index contributed by atoms with van der Waals surface area (Å²) in [5.41, 5.74) is 1.08. The Balaban J connectivity index is 1.60. The van der Waals surface area contributed by atoms with Gasteiger partial charge in [-0.1, -0.05) is 0 Å². The first-order valence-corrected chi connectivity index (χ1v) is 10.1. The summed E-state index contributed by atoms with van der Waals surface area (Å²) in [6, 6.07) is -0.220. The van der Waals surface area contributed by atoms with Gasteiger partial charge in [-0.15, -0.1) is 11.3 Å². The highest BCUT2D eigenvalue weighted by molar-refractivity contribution is 7.13. The number of rotatable bonds is 4. The Hall–Kier alpha value is -2.36. The van der Waals surface area contributed by atoms with Crippen LogP contribution in [-0.2, 0) is 0 Å². The molecule has 0 aliphatic heterocycles. The molecule has 0 radical (unpaired) electrons. The monoisotopic (exact) mass is 408 g/mol. The van der Waals surface area contributed by atoms with Gasteiger partial charge >= 0.3 is 0 Å². The fourth-order valence-corrected chi connectivity index (χ4v) is 4.63. The summed E-state index contributed by atoms with van der Waals surface area (Å²) in [6.45, 7) is 3.79. The van der Waals surface area contributed by atoms with Gasteiger partial charge in [0, 0.05) is 31.3 Å². The van der Waals surface area contributed by atoms with Gasteiger partial charge in [0.15, 0.2) is 10.8 Å². The van der Waals surface area contributed by atoms with Crippen LogP contribution < -0.4 is 10.5 Å². The zero-order valence-electron chi connectivity index (χ0n) is 15.9. The van der Waals surface area contributed by atoms with Crippen LogP contribution in [0.1, 0.15) is 36.8 Å². The Morgan fingerprint density at radius 3 is 2.89 bits per heavy atom. The molecule has 1 N–H and O–H groups in total. The summed E-state index contributed by atoms with van der Waals surface area (Å²) in [5.74, 6) is -3.10. The average Bonchev–Trinajstić information content (AvgIpc) is 3.23. The molecule has 150 valence electrons. The zero-order chi connectivity index (χ0) is 20.1. The molecule has 28 heavy (non-hydrogen) atoms. The van der Waals surface area contributed by atoms with Crippen LogP contribution in [0.2, 0.25) is 0 Å². The number of hydrogen-bond acceptors (Lipinski definition) is 6. The minimum absolute atomic E-state index is 0.211.